The summed E-state index contributed by atoms with van der Waals surface area (Å²) < 4.78 is 5.43. The molecular formula is C16H30N4O. The van der Waals surface area contributed by atoms with Gasteiger partial charge in [0, 0.05) is 19.2 Å². The van der Waals surface area contributed by atoms with Crippen LogP contribution in [0.25, 0.3) is 0 Å². The van der Waals surface area contributed by atoms with Crippen LogP contribution in [0.3, 0.4) is 0 Å². The average Bonchev–Trinajstić information content (AvgIpc) is 2.89. The fourth-order valence-electron chi connectivity index (χ4n) is 2.92. The van der Waals surface area contributed by atoms with Crippen molar-refractivity contribution in [3.63, 3.8) is 0 Å². The van der Waals surface area contributed by atoms with E-state index in [0.29, 0.717) is 0 Å². The molecular weight excluding hydrogens is 264 g/mol. The number of likely N-dealkylation sites (tertiary alicyclic amines) is 1. The van der Waals surface area contributed by atoms with E-state index in [1.807, 2.05) is 0 Å². The third-order valence-corrected chi connectivity index (χ3v) is 4.17. The molecule has 0 bridgehead atoms. The van der Waals surface area contributed by atoms with Gasteiger partial charge in [-0.2, -0.15) is 0 Å². The van der Waals surface area contributed by atoms with Gasteiger partial charge in [-0.1, -0.05) is 12.1 Å². The molecule has 0 unspecified atom stereocenters. The van der Waals surface area contributed by atoms with Crippen molar-refractivity contribution in [2.75, 3.05) is 40.3 Å². The van der Waals surface area contributed by atoms with Crippen molar-refractivity contribution in [2.24, 2.45) is 5.92 Å². The minimum absolute atomic E-state index is 0.802. The maximum absolute atomic E-state index is 5.43. The summed E-state index contributed by atoms with van der Waals surface area (Å²) in [6.45, 7) is 8.46. The molecule has 21 heavy (non-hydrogen) atoms. The lowest BCUT2D eigenvalue weighted by atomic mass is 9.97. The zero-order valence-electron chi connectivity index (χ0n) is 13.8. The molecule has 0 amide bonds. The number of nitrogens with one attached hydrogen (secondary N) is 1. The van der Waals surface area contributed by atoms with Gasteiger partial charge in [0.05, 0.1) is 12.2 Å². The van der Waals surface area contributed by atoms with Crippen LogP contribution in [0.15, 0.2) is 10.6 Å². The van der Waals surface area contributed by atoms with Crippen molar-refractivity contribution in [1.82, 2.24) is 20.3 Å². The summed E-state index contributed by atoms with van der Waals surface area (Å²) in [6.07, 6.45) is 3.76. The number of nitrogens with zero attached hydrogens (tertiary/aromatic N) is 3. The number of hydrogen-bond acceptors (Lipinski definition) is 5. The standard InChI is InChI=1S/C16H30N4O/c1-4-7-17-11-15-10-16(21-18-15)13-20(3)12-14-5-8-19(2)9-6-14/h10,14,17H,4-9,11-13H2,1-3H3. The first-order valence-electron chi connectivity index (χ1n) is 8.19. The molecule has 1 aliphatic heterocycles. The average molecular weight is 294 g/mol. The molecule has 120 valence electrons. The SMILES string of the molecule is CCCNCc1cc(CN(C)CC2CCN(C)CC2)on1. The lowest BCUT2D eigenvalue weighted by Gasteiger charge is -2.31. The molecule has 2 rings (SSSR count). The first-order chi connectivity index (χ1) is 10.2. The van der Waals surface area contributed by atoms with Crippen molar-refractivity contribution in [1.29, 1.82) is 0 Å². The molecule has 2 heterocycles. The Hall–Kier alpha value is -0.910. The third-order valence-electron chi connectivity index (χ3n) is 4.17. The van der Waals surface area contributed by atoms with Crippen LogP contribution < -0.4 is 5.32 Å². The van der Waals surface area contributed by atoms with E-state index < -0.39 is 0 Å². The molecule has 0 atom stereocenters. The quantitative estimate of drug-likeness (QED) is 0.743. The molecule has 0 radical (unpaired) electrons. The van der Waals surface area contributed by atoms with E-state index in [1.165, 1.54) is 25.9 Å². The molecule has 5 heteroatoms. The van der Waals surface area contributed by atoms with Gasteiger partial charge in [0.2, 0.25) is 0 Å². The second-order valence-electron chi connectivity index (χ2n) is 6.40. The predicted octanol–water partition coefficient (Wildman–Crippen LogP) is 1.95. The molecule has 0 aromatic carbocycles. The zero-order chi connectivity index (χ0) is 15.1. The summed E-state index contributed by atoms with van der Waals surface area (Å²) in [5.41, 5.74) is 1.01. The van der Waals surface area contributed by atoms with Crippen molar-refractivity contribution >= 4 is 0 Å². The van der Waals surface area contributed by atoms with Crippen molar-refractivity contribution < 1.29 is 4.52 Å². The van der Waals surface area contributed by atoms with E-state index in [9.17, 15) is 0 Å². The minimum Gasteiger partial charge on any atom is -0.360 e. The van der Waals surface area contributed by atoms with Crippen LogP contribution in [0.5, 0.6) is 0 Å². The summed E-state index contributed by atoms with van der Waals surface area (Å²) in [5, 5.41) is 7.47. The Morgan fingerprint density at radius 1 is 1.43 bits per heavy atom. The lowest BCUT2D eigenvalue weighted by molar-refractivity contribution is 0.166. The van der Waals surface area contributed by atoms with Crippen LogP contribution in [0.4, 0.5) is 0 Å². The first kappa shape index (κ1) is 16.5. The highest BCUT2D eigenvalue weighted by Gasteiger charge is 2.18. The van der Waals surface area contributed by atoms with E-state index in [-0.39, 0.29) is 0 Å². The molecule has 0 aliphatic carbocycles. The van der Waals surface area contributed by atoms with Gasteiger partial charge in [-0.15, -0.1) is 0 Å². The van der Waals surface area contributed by atoms with E-state index in [1.54, 1.807) is 0 Å². The van der Waals surface area contributed by atoms with Crippen LogP contribution in [-0.4, -0.2) is 55.2 Å². The summed E-state index contributed by atoms with van der Waals surface area (Å²) in [6, 6.07) is 2.08. The summed E-state index contributed by atoms with van der Waals surface area (Å²) in [7, 11) is 4.39. The van der Waals surface area contributed by atoms with Crippen LogP contribution in [-0.2, 0) is 13.1 Å². The summed E-state index contributed by atoms with van der Waals surface area (Å²) >= 11 is 0. The van der Waals surface area contributed by atoms with Gasteiger partial charge in [0.1, 0.15) is 0 Å². The van der Waals surface area contributed by atoms with Gasteiger partial charge in [0.25, 0.3) is 0 Å². The number of piperidine rings is 1. The van der Waals surface area contributed by atoms with Crippen LogP contribution >= 0.6 is 0 Å². The molecule has 5 nitrogen and oxygen atoms in total. The Bertz CT molecular complexity index is 399. The van der Waals surface area contributed by atoms with Gasteiger partial charge in [0.15, 0.2) is 5.76 Å². The Labute approximate surface area is 128 Å². The lowest BCUT2D eigenvalue weighted by Crippen LogP contribution is -2.35. The Morgan fingerprint density at radius 3 is 2.90 bits per heavy atom. The molecule has 1 aromatic heterocycles. The highest BCUT2D eigenvalue weighted by molar-refractivity contribution is 5.05. The highest BCUT2D eigenvalue weighted by atomic mass is 16.5. The minimum atomic E-state index is 0.802. The molecule has 0 saturated carbocycles. The van der Waals surface area contributed by atoms with Gasteiger partial charge in [-0.25, -0.2) is 0 Å². The van der Waals surface area contributed by atoms with E-state index in [0.717, 1.165) is 50.0 Å². The monoisotopic (exact) mass is 294 g/mol. The molecule has 1 aliphatic rings. The van der Waals surface area contributed by atoms with Gasteiger partial charge in [-0.3, -0.25) is 4.90 Å². The molecule has 1 fully saturated rings. The molecule has 0 spiro atoms. The van der Waals surface area contributed by atoms with Crippen LogP contribution in [0.2, 0.25) is 0 Å². The van der Waals surface area contributed by atoms with Crippen molar-refractivity contribution in [2.45, 2.75) is 39.3 Å². The molecule has 1 N–H and O–H groups in total. The Balaban J connectivity index is 1.71. The molecule has 1 aromatic rings. The number of rotatable bonds is 8. The van der Waals surface area contributed by atoms with E-state index in [4.69, 9.17) is 4.52 Å². The fourth-order valence-corrected chi connectivity index (χ4v) is 2.92. The van der Waals surface area contributed by atoms with Gasteiger partial charge in [-0.05, 0) is 58.9 Å². The van der Waals surface area contributed by atoms with Crippen molar-refractivity contribution in [3.05, 3.63) is 17.5 Å². The van der Waals surface area contributed by atoms with Crippen molar-refractivity contribution in [3.8, 4) is 0 Å². The smallest absolute Gasteiger partial charge is 0.151 e. The summed E-state index contributed by atoms with van der Waals surface area (Å²) in [5.74, 6) is 1.79. The van der Waals surface area contributed by atoms with E-state index >= 15 is 0 Å². The normalized spacial score (nSPS) is 17.7. The van der Waals surface area contributed by atoms with Gasteiger partial charge >= 0.3 is 0 Å². The predicted molar refractivity (Wildman–Crippen MR) is 85.1 cm³/mol. The Morgan fingerprint density at radius 2 is 2.19 bits per heavy atom. The van der Waals surface area contributed by atoms with Gasteiger partial charge < -0.3 is 14.7 Å². The topological polar surface area (TPSA) is 44.5 Å². The number of hydrogen-bond donors (Lipinski definition) is 1. The number of aromatic nitrogens is 1. The summed E-state index contributed by atoms with van der Waals surface area (Å²) in [4.78, 5) is 4.78. The van der Waals surface area contributed by atoms with E-state index in [2.05, 4.69) is 47.4 Å². The fraction of sp³-hybridized carbons (Fsp3) is 0.812. The van der Waals surface area contributed by atoms with Crippen LogP contribution in [0.1, 0.15) is 37.6 Å². The highest BCUT2D eigenvalue weighted by Crippen LogP contribution is 2.17. The first-order valence-corrected chi connectivity index (χ1v) is 8.19. The Kier molecular flexibility index (Phi) is 6.67. The maximum atomic E-state index is 5.43. The maximum Gasteiger partial charge on any atom is 0.151 e. The third kappa shape index (κ3) is 5.77. The second kappa shape index (κ2) is 8.51. The second-order valence-corrected chi connectivity index (χ2v) is 6.40. The zero-order valence-corrected chi connectivity index (χ0v) is 13.8. The largest absolute Gasteiger partial charge is 0.360 e. The van der Waals surface area contributed by atoms with Crippen LogP contribution in [0, 0.1) is 5.92 Å². The molecule has 1 saturated heterocycles.